The van der Waals surface area contributed by atoms with E-state index in [-0.39, 0.29) is 6.09 Å². The Hall–Kier alpha value is -0.810. The van der Waals surface area contributed by atoms with Crippen molar-refractivity contribution < 1.29 is 9.53 Å². The van der Waals surface area contributed by atoms with Crippen LogP contribution in [0.4, 0.5) is 4.79 Å². The van der Waals surface area contributed by atoms with Crippen LogP contribution >= 0.6 is 0 Å². The molecule has 0 aromatic heterocycles. The summed E-state index contributed by atoms with van der Waals surface area (Å²) in [6.45, 7) is 8.47. The molecule has 5 nitrogen and oxygen atoms in total. The average Bonchev–Trinajstić information content (AvgIpc) is 3.09. The van der Waals surface area contributed by atoms with Crippen LogP contribution < -0.4 is 16.0 Å². The lowest BCUT2D eigenvalue weighted by atomic mass is 9.97. The molecule has 1 amide bonds. The molecule has 2 fully saturated rings. The number of alkyl carbamates (subject to hydrolysis) is 1. The molecule has 0 radical (unpaired) electrons. The molecule has 0 aromatic carbocycles. The van der Waals surface area contributed by atoms with Gasteiger partial charge in [-0.15, -0.1) is 0 Å². The second-order valence-corrected chi connectivity index (χ2v) is 7.74. The fourth-order valence-corrected chi connectivity index (χ4v) is 3.50. The van der Waals surface area contributed by atoms with Gasteiger partial charge in [-0.05, 0) is 58.9 Å². The first-order chi connectivity index (χ1) is 10.4. The molecule has 2 aliphatic rings. The van der Waals surface area contributed by atoms with E-state index in [1.807, 2.05) is 20.8 Å². The van der Waals surface area contributed by atoms with Gasteiger partial charge in [0.1, 0.15) is 5.60 Å². The predicted molar refractivity (Wildman–Crippen MR) is 89.0 cm³/mol. The molecule has 1 saturated carbocycles. The van der Waals surface area contributed by atoms with Gasteiger partial charge in [-0.25, -0.2) is 4.79 Å². The second kappa shape index (κ2) is 8.16. The Kier molecular flexibility index (Phi) is 6.50. The van der Waals surface area contributed by atoms with Crippen LogP contribution in [0.15, 0.2) is 0 Å². The molecule has 3 N–H and O–H groups in total. The molecule has 2 unspecified atom stereocenters. The van der Waals surface area contributed by atoms with E-state index in [2.05, 4.69) is 16.0 Å². The van der Waals surface area contributed by atoms with Gasteiger partial charge in [-0.2, -0.15) is 0 Å². The highest BCUT2D eigenvalue weighted by atomic mass is 16.6. The zero-order valence-corrected chi connectivity index (χ0v) is 14.4. The van der Waals surface area contributed by atoms with Crippen molar-refractivity contribution >= 4 is 6.09 Å². The van der Waals surface area contributed by atoms with Crippen LogP contribution in [0.2, 0.25) is 0 Å². The van der Waals surface area contributed by atoms with Crippen molar-refractivity contribution in [1.29, 1.82) is 0 Å². The van der Waals surface area contributed by atoms with Gasteiger partial charge in [-0.1, -0.05) is 12.8 Å². The summed E-state index contributed by atoms with van der Waals surface area (Å²) in [6, 6.07) is 0.947. The van der Waals surface area contributed by atoms with Gasteiger partial charge in [0.15, 0.2) is 0 Å². The fraction of sp³-hybridized carbons (Fsp3) is 0.941. The minimum atomic E-state index is -0.436. The second-order valence-electron chi connectivity index (χ2n) is 7.74. The third kappa shape index (κ3) is 6.13. The van der Waals surface area contributed by atoms with Crippen molar-refractivity contribution in [3.05, 3.63) is 0 Å². The topological polar surface area (TPSA) is 62.4 Å². The van der Waals surface area contributed by atoms with E-state index in [9.17, 15) is 4.79 Å². The number of ether oxygens (including phenoxy) is 1. The van der Waals surface area contributed by atoms with Crippen LogP contribution in [0.5, 0.6) is 0 Å². The maximum atomic E-state index is 11.9. The fourth-order valence-electron chi connectivity index (χ4n) is 3.50. The summed E-state index contributed by atoms with van der Waals surface area (Å²) in [7, 11) is 0. The lowest BCUT2D eigenvalue weighted by Crippen LogP contribution is -2.49. The van der Waals surface area contributed by atoms with Crippen molar-refractivity contribution in [2.45, 2.75) is 77.0 Å². The highest BCUT2D eigenvalue weighted by molar-refractivity contribution is 5.67. The monoisotopic (exact) mass is 311 g/mol. The zero-order valence-electron chi connectivity index (χ0n) is 14.4. The number of nitrogens with one attached hydrogen (secondary N) is 3. The largest absolute Gasteiger partial charge is 0.444 e. The molecular formula is C17H33N3O2. The Labute approximate surface area is 134 Å². The van der Waals surface area contributed by atoms with Crippen molar-refractivity contribution in [2.75, 3.05) is 19.6 Å². The van der Waals surface area contributed by atoms with Gasteiger partial charge >= 0.3 is 6.09 Å². The Morgan fingerprint density at radius 1 is 1.23 bits per heavy atom. The van der Waals surface area contributed by atoms with Gasteiger partial charge in [0.25, 0.3) is 0 Å². The molecule has 1 aliphatic heterocycles. The molecule has 2 rings (SSSR count). The lowest BCUT2D eigenvalue weighted by Gasteiger charge is -2.27. The van der Waals surface area contributed by atoms with Crippen molar-refractivity contribution in [1.82, 2.24) is 16.0 Å². The lowest BCUT2D eigenvalue weighted by molar-refractivity contribution is 0.0518. The summed E-state index contributed by atoms with van der Waals surface area (Å²) >= 11 is 0. The third-order valence-corrected chi connectivity index (χ3v) is 4.62. The molecular weight excluding hydrogens is 278 g/mol. The SMILES string of the molecule is CC(C)(C)OC(=O)NCC(NCC1CCCN1)C1CCCC1. The van der Waals surface area contributed by atoms with E-state index in [4.69, 9.17) is 4.74 Å². The molecule has 5 heteroatoms. The first kappa shape index (κ1) is 17.5. The molecule has 1 heterocycles. The minimum Gasteiger partial charge on any atom is -0.444 e. The molecule has 2 atom stereocenters. The summed E-state index contributed by atoms with van der Waals surface area (Å²) in [5.74, 6) is 0.677. The van der Waals surface area contributed by atoms with Crippen molar-refractivity contribution in [3.63, 3.8) is 0 Å². The summed E-state index contributed by atoms with van der Waals surface area (Å²) in [4.78, 5) is 11.9. The Morgan fingerprint density at radius 3 is 2.55 bits per heavy atom. The van der Waals surface area contributed by atoms with Gasteiger partial charge in [0.05, 0.1) is 0 Å². The van der Waals surface area contributed by atoms with Gasteiger partial charge in [0.2, 0.25) is 0 Å². The number of carbonyl (C=O) groups excluding carboxylic acids is 1. The molecule has 22 heavy (non-hydrogen) atoms. The van der Waals surface area contributed by atoms with Crippen LogP contribution in [-0.2, 0) is 4.74 Å². The maximum absolute atomic E-state index is 11.9. The standard InChI is InChI=1S/C17H33N3O2/c1-17(2,3)22-16(21)20-12-15(13-7-4-5-8-13)19-11-14-9-6-10-18-14/h13-15,18-19H,4-12H2,1-3H3,(H,20,21). The Morgan fingerprint density at radius 2 is 1.95 bits per heavy atom. The normalized spacial score (nSPS) is 24.4. The molecule has 0 spiro atoms. The van der Waals surface area contributed by atoms with Crippen molar-refractivity contribution in [2.24, 2.45) is 5.92 Å². The van der Waals surface area contributed by atoms with E-state index in [0.29, 0.717) is 24.5 Å². The quantitative estimate of drug-likeness (QED) is 0.705. The number of carbonyl (C=O) groups is 1. The molecule has 128 valence electrons. The third-order valence-electron chi connectivity index (χ3n) is 4.62. The van der Waals surface area contributed by atoms with E-state index in [1.165, 1.54) is 38.5 Å². The number of hydrogen-bond acceptors (Lipinski definition) is 4. The highest BCUT2D eigenvalue weighted by Gasteiger charge is 2.27. The Bertz CT molecular complexity index is 342. The van der Waals surface area contributed by atoms with Gasteiger partial charge in [-0.3, -0.25) is 0 Å². The first-order valence-electron chi connectivity index (χ1n) is 8.87. The van der Waals surface area contributed by atoms with Gasteiger partial charge < -0.3 is 20.7 Å². The Balaban J connectivity index is 1.77. The summed E-state index contributed by atoms with van der Waals surface area (Å²) in [5, 5.41) is 10.2. The van der Waals surface area contributed by atoms with Gasteiger partial charge in [0, 0.05) is 25.2 Å². The zero-order chi connectivity index (χ0) is 16.0. The summed E-state index contributed by atoms with van der Waals surface area (Å²) in [6.07, 6.45) is 7.39. The van der Waals surface area contributed by atoms with E-state index >= 15 is 0 Å². The number of rotatable bonds is 6. The summed E-state index contributed by atoms with van der Waals surface area (Å²) < 4.78 is 5.34. The van der Waals surface area contributed by atoms with Crippen molar-refractivity contribution in [3.8, 4) is 0 Å². The van der Waals surface area contributed by atoms with Crippen LogP contribution in [-0.4, -0.2) is 43.4 Å². The van der Waals surface area contributed by atoms with Crippen LogP contribution in [0, 0.1) is 5.92 Å². The number of hydrogen-bond donors (Lipinski definition) is 3. The van der Waals surface area contributed by atoms with Crippen LogP contribution in [0.1, 0.15) is 59.3 Å². The van der Waals surface area contributed by atoms with Crippen LogP contribution in [0.25, 0.3) is 0 Å². The summed E-state index contributed by atoms with van der Waals surface area (Å²) in [5.41, 5.74) is -0.436. The number of amides is 1. The first-order valence-corrected chi connectivity index (χ1v) is 8.87. The van der Waals surface area contributed by atoms with E-state index < -0.39 is 5.60 Å². The molecule has 1 saturated heterocycles. The molecule has 0 bridgehead atoms. The highest BCUT2D eigenvalue weighted by Crippen LogP contribution is 2.27. The van der Waals surface area contributed by atoms with E-state index in [0.717, 1.165) is 13.1 Å². The smallest absolute Gasteiger partial charge is 0.407 e. The van der Waals surface area contributed by atoms with E-state index in [1.54, 1.807) is 0 Å². The molecule has 1 aliphatic carbocycles. The minimum absolute atomic E-state index is 0.309. The molecule has 0 aromatic rings. The average molecular weight is 311 g/mol. The maximum Gasteiger partial charge on any atom is 0.407 e. The van der Waals surface area contributed by atoms with Crippen LogP contribution in [0.3, 0.4) is 0 Å². The predicted octanol–water partition coefficient (Wildman–Crippen LogP) is 2.41.